The van der Waals surface area contributed by atoms with Crippen LogP contribution in [0.3, 0.4) is 0 Å². The number of carbonyl (C=O) groups excluding carboxylic acids is 1. The normalized spacial score (nSPS) is 11.0. The molecule has 1 aromatic rings. The Kier molecular flexibility index (Phi) is 5.95. The zero-order valence-corrected chi connectivity index (χ0v) is 12.2. The fourth-order valence-corrected chi connectivity index (χ4v) is 3.09. The van der Waals surface area contributed by atoms with Gasteiger partial charge in [-0.25, -0.2) is 13.1 Å². The second-order valence-electron chi connectivity index (χ2n) is 4.08. The van der Waals surface area contributed by atoms with Crippen molar-refractivity contribution in [1.29, 1.82) is 5.26 Å². The first-order valence-corrected chi connectivity index (χ1v) is 7.70. The number of nitriles is 1. The van der Waals surface area contributed by atoms with E-state index in [2.05, 4.69) is 4.72 Å². The van der Waals surface area contributed by atoms with Crippen molar-refractivity contribution in [3.05, 3.63) is 28.8 Å². The van der Waals surface area contributed by atoms with Gasteiger partial charge in [-0.1, -0.05) is 11.6 Å². The van der Waals surface area contributed by atoms with Crippen LogP contribution in [-0.2, 0) is 14.8 Å². The Hall–Kier alpha value is -1.62. The van der Waals surface area contributed by atoms with Gasteiger partial charge in [0.25, 0.3) is 0 Å². The minimum atomic E-state index is -3.77. The van der Waals surface area contributed by atoms with E-state index in [1.165, 1.54) is 18.2 Å². The molecule has 8 heteroatoms. The van der Waals surface area contributed by atoms with Gasteiger partial charge in [-0.15, -0.1) is 0 Å². The number of halogens is 1. The summed E-state index contributed by atoms with van der Waals surface area (Å²) in [5.74, 6) is -0.419. The van der Waals surface area contributed by atoms with Gasteiger partial charge in [0.1, 0.15) is 4.90 Å². The molecule has 0 unspecified atom stereocenters. The van der Waals surface area contributed by atoms with Gasteiger partial charge >= 0.3 is 0 Å². The fourth-order valence-electron chi connectivity index (χ4n) is 1.49. The number of rotatable bonds is 7. The average Bonchev–Trinajstić information content (AvgIpc) is 2.38. The Balaban J connectivity index is 2.70. The Morgan fingerprint density at radius 1 is 1.40 bits per heavy atom. The van der Waals surface area contributed by atoms with Crippen LogP contribution in [0.4, 0.5) is 0 Å². The summed E-state index contributed by atoms with van der Waals surface area (Å²) in [6.45, 7) is 0.169. The third-order valence-corrected chi connectivity index (χ3v) is 4.43. The van der Waals surface area contributed by atoms with E-state index >= 15 is 0 Å². The highest BCUT2D eigenvalue weighted by atomic mass is 35.5. The van der Waals surface area contributed by atoms with Gasteiger partial charge in [-0.2, -0.15) is 5.26 Å². The molecule has 0 spiro atoms. The molecule has 0 aliphatic rings. The number of nitrogens with zero attached hydrogens (tertiary/aromatic N) is 1. The molecule has 0 aromatic heterocycles. The molecule has 0 aliphatic carbocycles. The third-order valence-electron chi connectivity index (χ3n) is 2.49. The largest absolute Gasteiger partial charge is 0.370 e. The van der Waals surface area contributed by atoms with Crippen LogP contribution in [0.15, 0.2) is 23.1 Å². The Morgan fingerprint density at radius 3 is 2.70 bits per heavy atom. The maximum atomic E-state index is 12.0. The smallest absolute Gasteiger partial charge is 0.242 e. The topological polar surface area (TPSA) is 113 Å². The molecule has 108 valence electrons. The lowest BCUT2D eigenvalue weighted by Crippen LogP contribution is -2.25. The van der Waals surface area contributed by atoms with E-state index in [-0.39, 0.29) is 28.4 Å². The predicted molar refractivity (Wildman–Crippen MR) is 74.4 cm³/mol. The van der Waals surface area contributed by atoms with Gasteiger partial charge in [0.15, 0.2) is 0 Å². The van der Waals surface area contributed by atoms with E-state index in [0.717, 1.165) is 0 Å². The van der Waals surface area contributed by atoms with E-state index in [4.69, 9.17) is 22.6 Å². The SMILES string of the molecule is N#Cc1ccc(Cl)c(S(=O)(=O)NCCCCC(N)=O)c1. The molecule has 0 saturated carbocycles. The summed E-state index contributed by atoms with van der Waals surface area (Å²) in [6.07, 6.45) is 1.20. The molecule has 1 rings (SSSR count). The third kappa shape index (κ3) is 4.81. The summed E-state index contributed by atoms with van der Waals surface area (Å²) in [4.78, 5) is 10.4. The lowest BCUT2D eigenvalue weighted by atomic mass is 10.2. The van der Waals surface area contributed by atoms with Crippen molar-refractivity contribution in [3.8, 4) is 6.07 Å². The standard InChI is InChI=1S/C12H14ClN3O3S/c13-10-5-4-9(8-14)7-11(10)20(18,19)16-6-2-1-3-12(15)17/h4-5,7,16H,1-3,6H2,(H2,15,17). The molecule has 3 N–H and O–H groups in total. The second-order valence-corrected chi connectivity index (χ2v) is 6.22. The van der Waals surface area contributed by atoms with E-state index in [1.54, 1.807) is 0 Å². The van der Waals surface area contributed by atoms with Crippen LogP contribution in [0, 0.1) is 11.3 Å². The highest BCUT2D eigenvalue weighted by Gasteiger charge is 2.17. The predicted octanol–water partition coefficient (Wildman–Crippen LogP) is 1.15. The average molecular weight is 316 g/mol. The molecule has 0 radical (unpaired) electrons. The number of sulfonamides is 1. The Bertz CT molecular complexity index is 638. The van der Waals surface area contributed by atoms with E-state index in [0.29, 0.717) is 12.8 Å². The monoisotopic (exact) mass is 315 g/mol. The molecular weight excluding hydrogens is 302 g/mol. The number of nitrogens with one attached hydrogen (secondary N) is 1. The maximum absolute atomic E-state index is 12.0. The number of hydrogen-bond donors (Lipinski definition) is 2. The summed E-state index contributed by atoms with van der Waals surface area (Å²) in [5.41, 5.74) is 5.19. The Morgan fingerprint density at radius 2 is 2.10 bits per heavy atom. The summed E-state index contributed by atoms with van der Waals surface area (Å²) < 4.78 is 26.4. The van der Waals surface area contributed by atoms with E-state index < -0.39 is 15.9 Å². The van der Waals surface area contributed by atoms with Gasteiger partial charge in [-0.05, 0) is 31.0 Å². The van der Waals surface area contributed by atoms with Crippen molar-refractivity contribution in [2.75, 3.05) is 6.54 Å². The van der Waals surface area contributed by atoms with E-state index in [1.807, 2.05) is 6.07 Å². The van der Waals surface area contributed by atoms with Gasteiger partial charge in [0.05, 0.1) is 16.7 Å². The van der Waals surface area contributed by atoms with Crippen molar-refractivity contribution in [2.45, 2.75) is 24.2 Å². The molecule has 0 atom stereocenters. The summed E-state index contributed by atoms with van der Waals surface area (Å²) in [6, 6.07) is 5.87. The maximum Gasteiger partial charge on any atom is 0.242 e. The number of amides is 1. The van der Waals surface area contributed by atoms with Crippen molar-refractivity contribution < 1.29 is 13.2 Å². The highest BCUT2D eigenvalue weighted by molar-refractivity contribution is 7.89. The zero-order chi connectivity index (χ0) is 15.2. The van der Waals surface area contributed by atoms with Crippen molar-refractivity contribution in [3.63, 3.8) is 0 Å². The highest BCUT2D eigenvalue weighted by Crippen LogP contribution is 2.22. The molecule has 0 bridgehead atoms. The van der Waals surface area contributed by atoms with Crippen LogP contribution in [0.2, 0.25) is 5.02 Å². The minimum Gasteiger partial charge on any atom is -0.370 e. The zero-order valence-electron chi connectivity index (χ0n) is 10.6. The summed E-state index contributed by atoms with van der Waals surface area (Å²) >= 11 is 5.83. The first-order valence-electron chi connectivity index (χ1n) is 5.84. The molecule has 1 amide bonds. The van der Waals surface area contributed by atoms with Crippen LogP contribution in [0.1, 0.15) is 24.8 Å². The molecule has 0 saturated heterocycles. The van der Waals surface area contributed by atoms with Crippen LogP contribution < -0.4 is 10.5 Å². The molecule has 1 aromatic carbocycles. The number of unbranched alkanes of at least 4 members (excludes halogenated alkanes) is 1. The lowest BCUT2D eigenvalue weighted by molar-refractivity contribution is -0.118. The van der Waals surface area contributed by atoms with Crippen LogP contribution in [0.25, 0.3) is 0 Å². The number of primary amides is 1. The van der Waals surface area contributed by atoms with Crippen LogP contribution in [-0.4, -0.2) is 20.9 Å². The van der Waals surface area contributed by atoms with Crippen LogP contribution in [0.5, 0.6) is 0 Å². The van der Waals surface area contributed by atoms with E-state index in [9.17, 15) is 13.2 Å². The van der Waals surface area contributed by atoms with Gasteiger partial charge in [0, 0.05) is 13.0 Å². The number of hydrogen-bond acceptors (Lipinski definition) is 4. The van der Waals surface area contributed by atoms with Crippen molar-refractivity contribution in [2.24, 2.45) is 5.73 Å². The molecule has 0 fully saturated rings. The fraction of sp³-hybridized carbons (Fsp3) is 0.333. The number of carbonyl (C=O) groups is 1. The first-order chi connectivity index (χ1) is 9.36. The van der Waals surface area contributed by atoms with Gasteiger partial charge < -0.3 is 5.73 Å². The quantitative estimate of drug-likeness (QED) is 0.734. The van der Waals surface area contributed by atoms with Gasteiger partial charge in [-0.3, -0.25) is 4.79 Å². The summed E-state index contributed by atoms with van der Waals surface area (Å²) in [7, 11) is -3.77. The number of nitrogens with two attached hydrogens (primary N) is 1. The molecular formula is C12H14ClN3O3S. The van der Waals surface area contributed by atoms with Crippen molar-refractivity contribution >= 4 is 27.5 Å². The molecule has 6 nitrogen and oxygen atoms in total. The number of benzene rings is 1. The molecule has 20 heavy (non-hydrogen) atoms. The minimum absolute atomic E-state index is 0.0497. The lowest BCUT2D eigenvalue weighted by Gasteiger charge is -2.08. The molecule has 0 aliphatic heterocycles. The van der Waals surface area contributed by atoms with Crippen LogP contribution >= 0.6 is 11.6 Å². The van der Waals surface area contributed by atoms with Crippen molar-refractivity contribution in [1.82, 2.24) is 4.72 Å². The Labute approximate surface area is 122 Å². The molecule has 0 heterocycles. The second kappa shape index (κ2) is 7.24. The first kappa shape index (κ1) is 16.4. The summed E-state index contributed by atoms with van der Waals surface area (Å²) in [5, 5.41) is 8.81. The van der Waals surface area contributed by atoms with Gasteiger partial charge in [0.2, 0.25) is 15.9 Å².